The van der Waals surface area contributed by atoms with Crippen molar-refractivity contribution in [1.82, 2.24) is 4.98 Å². The summed E-state index contributed by atoms with van der Waals surface area (Å²) < 4.78 is 37.2. The van der Waals surface area contributed by atoms with Gasteiger partial charge in [0.25, 0.3) is 6.43 Å². The summed E-state index contributed by atoms with van der Waals surface area (Å²) in [6.45, 7) is 1.45. The van der Waals surface area contributed by atoms with E-state index in [4.69, 9.17) is 11.6 Å². The van der Waals surface area contributed by atoms with E-state index in [1.807, 2.05) is 0 Å². The molecule has 0 aliphatic carbocycles. The quantitative estimate of drug-likeness (QED) is 0.682. The number of rotatable bonds is 2. The molecule has 0 aromatic carbocycles. The molecule has 0 saturated carbocycles. The van der Waals surface area contributed by atoms with Crippen molar-refractivity contribution in [3.8, 4) is 0 Å². The molecular weight excluding hydrogens is 203 g/mol. The smallest absolute Gasteiger partial charge is 0.252 e. The lowest BCUT2D eigenvalue weighted by Gasteiger charge is -2.05. The Bertz CT molecular complexity index is 291. The summed E-state index contributed by atoms with van der Waals surface area (Å²) in [5, 5.41) is 0. The van der Waals surface area contributed by atoms with Gasteiger partial charge in [0.2, 0.25) is 0 Å². The minimum absolute atomic E-state index is 0.0613. The van der Waals surface area contributed by atoms with E-state index in [0.29, 0.717) is 0 Å². The summed E-state index contributed by atoms with van der Waals surface area (Å²) in [4.78, 5) is 3.53. The van der Waals surface area contributed by atoms with E-state index in [1.54, 1.807) is 0 Å². The van der Waals surface area contributed by atoms with Crippen molar-refractivity contribution < 1.29 is 13.2 Å². The number of nitrogens with zero attached hydrogens (tertiary/aromatic N) is 1. The van der Waals surface area contributed by atoms with Crippen molar-refractivity contribution in [1.29, 1.82) is 0 Å². The number of halogens is 4. The van der Waals surface area contributed by atoms with Crippen LogP contribution in [0.1, 0.15) is 23.4 Å². The number of hydrogen-bond acceptors (Lipinski definition) is 1. The largest absolute Gasteiger partial charge is 0.280 e. The van der Waals surface area contributed by atoms with Crippen LogP contribution in [0.3, 0.4) is 0 Å². The standard InChI is InChI=1S/C8H7ClF3N/c1-4-5(3-9)6(10)2-7(13-4)8(11)12/h2,8H,3H2,1H3. The lowest BCUT2D eigenvalue weighted by molar-refractivity contribution is 0.145. The number of hydrogen-bond donors (Lipinski definition) is 0. The third kappa shape index (κ3) is 2.12. The Labute approximate surface area is 78.5 Å². The number of aryl methyl sites for hydroxylation is 1. The summed E-state index contributed by atoms with van der Waals surface area (Å²) in [6, 6.07) is 0.718. The minimum atomic E-state index is -2.75. The molecule has 0 unspecified atom stereocenters. The monoisotopic (exact) mass is 209 g/mol. The SMILES string of the molecule is Cc1nc(C(F)F)cc(F)c1CCl. The van der Waals surface area contributed by atoms with Crippen LogP contribution in [0.4, 0.5) is 13.2 Å². The van der Waals surface area contributed by atoms with Gasteiger partial charge in [0.15, 0.2) is 0 Å². The lowest BCUT2D eigenvalue weighted by atomic mass is 10.2. The van der Waals surface area contributed by atoms with Crippen LogP contribution in [0.15, 0.2) is 6.07 Å². The van der Waals surface area contributed by atoms with Gasteiger partial charge in [-0.15, -0.1) is 11.6 Å². The summed E-state index contributed by atoms with van der Waals surface area (Å²) >= 11 is 5.40. The first-order valence-electron chi connectivity index (χ1n) is 3.56. The fraction of sp³-hybridized carbons (Fsp3) is 0.375. The van der Waals surface area contributed by atoms with Crippen molar-refractivity contribution in [2.75, 3.05) is 0 Å². The average molecular weight is 210 g/mol. The van der Waals surface area contributed by atoms with E-state index in [0.717, 1.165) is 6.07 Å². The van der Waals surface area contributed by atoms with E-state index in [-0.39, 0.29) is 17.1 Å². The molecule has 5 heteroatoms. The Kier molecular flexibility index (Phi) is 3.14. The fourth-order valence-corrected chi connectivity index (χ4v) is 1.28. The van der Waals surface area contributed by atoms with Gasteiger partial charge in [0.1, 0.15) is 11.5 Å². The molecule has 1 aromatic heterocycles. The molecule has 1 heterocycles. The zero-order valence-corrected chi connectivity index (χ0v) is 7.58. The van der Waals surface area contributed by atoms with Gasteiger partial charge in [0, 0.05) is 17.3 Å². The molecule has 1 rings (SSSR count). The Balaban J connectivity index is 3.20. The molecule has 0 spiro atoms. The van der Waals surface area contributed by atoms with Crippen LogP contribution in [-0.4, -0.2) is 4.98 Å². The molecule has 1 aromatic rings. The van der Waals surface area contributed by atoms with Gasteiger partial charge in [0.05, 0.1) is 5.88 Å². The van der Waals surface area contributed by atoms with Gasteiger partial charge >= 0.3 is 0 Å². The highest BCUT2D eigenvalue weighted by molar-refractivity contribution is 6.17. The highest BCUT2D eigenvalue weighted by atomic mass is 35.5. The maximum Gasteiger partial charge on any atom is 0.280 e. The Morgan fingerprint density at radius 2 is 2.15 bits per heavy atom. The van der Waals surface area contributed by atoms with Crippen LogP contribution in [0.2, 0.25) is 0 Å². The molecular formula is C8H7ClF3N. The van der Waals surface area contributed by atoms with Crippen molar-refractivity contribution in [3.05, 3.63) is 28.8 Å². The van der Waals surface area contributed by atoms with Crippen LogP contribution in [0, 0.1) is 12.7 Å². The zero-order valence-electron chi connectivity index (χ0n) is 6.82. The molecule has 0 amide bonds. The summed E-state index contributed by atoms with van der Waals surface area (Å²) in [5.41, 5.74) is -0.166. The van der Waals surface area contributed by atoms with Gasteiger partial charge in [-0.3, -0.25) is 4.98 Å². The van der Waals surface area contributed by atoms with Crippen molar-refractivity contribution in [3.63, 3.8) is 0 Å². The Morgan fingerprint density at radius 1 is 1.54 bits per heavy atom. The van der Waals surface area contributed by atoms with Gasteiger partial charge in [-0.25, -0.2) is 13.2 Å². The average Bonchev–Trinajstić information content (AvgIpc) is 2.03. The molecule has 1 nitrogen and oxygen atoms in total. The van der Waals surface area contributed by atoms with Crippen molar-refractivity contribution in [2.24, 2.45) is 0 Å². The van der Waals surface area contributed by atoms with E-state index in [9.17, 15) is 13.2 Å². The second-order valence-electron chi connectivity index (χ2n) is 2.53. The van der Waals surface area contributed by atoms with Gasteiger partial charge in [-0.05, 0) is 6.92 Å². The number of pyridine rings is 1. The second kappa shape index (κ2) is 3.96. The van der Waals surface area contributed by atoms with Gasteiger partial charge in [-0.1, -0.05) is 0 Å². The second-order valence-corrected chi connectivity index (χ2v) is 2.79. The maximum atomic E-state index is 13.0. The predicted octanol–water partition coefficient (Wildman–Crippen LogP) is 3.21. The van der Waals surface area contributed by atoms with Crippen LogP contribution in [0.25, 0.3) is 0 Å². The van der Waals surface area contributed by atoms with E-state index < -0.39 is 17.9 Å². The van der Waals surface area contributed by atoms with Gasteiger partial charge in [-0.2, -0.15) is 0 Å². The van der Waals surface area contributed by atoms with Crippen molar-refractivity contribution in [2.45, 2.75) is 19.2 Å². The normalized spacial score (nSPS) is 10.9. The molecule has 0 radical (unpaired) electrons. The third-order valence-electron chi connectivity index (χ3n) is 1.65. The van der Waals surface area contributed by atoms with Crippen molar-refractivity contribution >= 4 is 11.6 Å². The van der Waals surface area contributed by atoms with E-state index in [1.165, 1.54) is 6.92 Å². The molecule has 0 bridgehead atoms. The zero-order chi connectivity index (χ0) is 10.0. The number of alkyl halides is 3. The van der Waals surface area contributed by atoms with Crippen LogP contribution >= 0.6 is 11.6 Å². The third-order valence-corrected chi connectivity index (χ3v) is 1.92. The highest BCUT2D eigenvalue weighted by Crippen LogP contribution is 2.21. The molecule has 0 N–H and O–H groups in total. The van der Waals surface area contributed by atoms with E-state index >= 15 is 0 Å². The molecule has 0 fully saturated rings. The predicted molar refractivity (Wildman–Crippen MR) is 43.4 cm³/mol. The van der Waals surface area contributed by atoms with Crippen LogP contribution in [-0.2, 0) is 5.88 Å². The topological polar surface area (TPSA) is 12.9 Å². The first kappa shape index (κ1) is 10.3. The molecule has 0 saturated heterocycles. The molecule has 72 valence electrons. The van der Waals surface area contributed by atoms with Crippen LogP contribution in [0.5, 0.6) is 0 Å². The first-order valence-corrected chi connectivity index (χ1v) is 4.09. The molecule has 0 aliphatic heterocycles. The highest BCUT2D eigenvalue weighted by Gasteiger charge is 2.14. The summed E-state index contributed by atoms with van der Waals surface area (Å²) in [6.07, 6.45) is -2.75. The fourth-order valence-electron chi connectivity index (χ4n) is 0.955. The maximum absolute atomic E-state index is 13.0. The molecule has 0 atom stereocenters. The molecule has 13 heavy (non-hydrogen) atoms. The van der Waals surface area contributed by atoms with E-state index in [2.05, 4.69) is 4.98 Å². The number of aromatic nitrogens is 1. The summed E-state index contributed by atoms with van der Waals surface area (Å²) in [5.74, 6) is -0.786. The summed E-state index contributed by atoms with van der Waals surface area (Å²) in [7, 11) is 0. The minimum Gasteiger partial charge on any atom is -0.252 e. The Hall–Kier alpha value is -0.770. The molecule has 0 aliphatic rings. The Morgan fingerprint density at radius 3 is 2.54 bits per heavy atom. The van der Waals surface area contributed by atoms with Gasteiger partial charge < -0.3 is 0 Å². The van der Waals surface area contributed by atoms with Crippen LogP contribution < -0.4 is 0 Å². The first-order chi connectivity index (χ1) is 6.06. The lowest BCUT2D eigenvalue weighted by Crippen LogP contribution is -2.00.